The van der Waals surface area contributed by atoms with Crippen LogP contribution in [0, 0.1) is 17.3 Å². The molecule has 284 valence electrons. The standard InChI is InChI=1S/C37H54BN5O9/c1-34(2,3)49-32(46)27-13-11-12-22(31(27)48-10)14-24(38-51-29-16-23-15-28(36(23,7)8)37(29,9)52-38)17-26(44)21-43-20-25(41-42-43)18-39-30(45)19-40-33(47)50-35(4,5)6/h11-13,20,23-24,28-29H,14-19,21H2,1-10H3,(H,39,45)(H,40,47)/t23-,24+,28-,29+,37-/m0/s1. The first-order valence-corrected chi connectivity index (χ1v) is 18.0. The van der Waals surface area contributed by atoms with Gasteiger partial charge in [-0.05, 0) is 96.6 Å². The normalized spacial score (nSPS) is 23.9. The Morgan fingerprint density at radius 1 is 1.04 bits per heavy atom. The molecule has 4 fully saturated rings. The summed E-state index contributed by atoms with van der Waals surface area (Å²) in [5.41, 5.74) is -0.204. The fourth-order valence-corrected chi connectivity index (χ4v) is 7.88. The van der Waals surface area contributed by atoms with Crippen molar-refractivity contribution >= 4 is 30.9 Å². The lowest BCUT2D eigenvalue weighted by atomic mass is 9.43. The summed E-state index contributed by atoms with van der Waals surface area (Å²) >= 11 is 0. The van der Waals surface area contributed by atoms with E-state index >= 15 is 0 Å². The first-order chi connectivity index (χ1) is 24.2. The first-order valence-electron chi connectivity index (χ1n) is 18.0. The Balaban J connectivity index is 1.27. The molecule has 15 heteroatoms. The van der Waals surface area contributed by atoms with E-state index in [1.54, 1.807) is 39.1 Å². The van der Waals surface area contributed by atoms with Crippen molar-refractivity contribution in [2.24, 2.45) is 17.3 Å². The number of carbonyl (C=O) groups excluding carboxylic acids is 4. The summed E-state index contributed by atoms with van der Waals surface area (Å²) in [7, 11) is 0.864. The van der Waals surface area contributed by atoms with Gasteiger partial charge >= 0.3 is 19.2 Å². The molecule has 5 atom stereocenters. The van der Waals surface area contributed by atoms with E-state index in [2.05, 4.69) is 41.7 Å². The summed E-state index contributed by atoms with van der Waals surface area (Å²) in [5, 5.41) is 13.3. The highest BCUT2D eigenvalue weighted by molar-refractivity contribution is 6.48. The number of amides is 2. The van der Waals surface area contributed by atoms with Crippen LogP contribution in [0.25, 0.3) is 0 Å². The number of Topliss-reactive ketones (excluding diaryl/α,β-unsaturated/α-hetero) is 1. The monoisotopic (exact) mass is 723 g/mol. The third kappa shape index (κ3) is 8.96. The minimum absolute atomic E-state index is 0.0572. The van der Waals surface area contributed by atoms with Crippen LogP contribution in [0.3, 0.4) is 0 Å². The quantitative estimate of drug-likeness (QED) is 0.217. The zero-order valence-electron chi connectivity index (χ0n) is 32.2. The molecule has 3 aliphatic carbocycles. The van der Waals surface area contributed by atoms with Gasteiger partial charge in [-0.15, -0.1) is 5.10 Å². The number of alkyl carbamates (subject to hydrolysis) is 1. The SMILES string of the molecule is COc1c(C[C@H](CC(=O)Cn2cc(CNC(=O)CNC(=O)OC(C)(C)C)nn2)B2O[C@@H]3C[C@@H]4C[C@@H](C4(C)C)[C@]3(C)O2)cccc1C(=O)OC(C)(C)C. The highest BCUT2D eigenvalue weighted by atomic mass is 16.7. The molecule has 0 spiro atoms. The molecule has 2 N–H and O–H groups in total. The van der Waals surface area contributed by atoms with Crippen molar-refractivity contribution in [1.82, 2.24) is 25.6 Å². The van der Waals surface area contributed by atoms with Crippen molar-refractivity contribution in [3.05, 3.63) is 41.2 Å². The zero-order chi connectivity index (χ0) is 38.2. The molecule has 14 nitrogen and oxygen atoms in total. The van der Waals surface area contributed by atoms with Gasteiger partial charge in [-0.1, -0.05) is 31.2 Å². The van der Waals surface area contributed by atoms with Crippen LogP contribution < -0.4 is 15.4 Å². The summed E-state index contributed by atoms with van der Waals surface area (Å²) in [5.74, 6) is -0.150. The second-order valence-electron chi connectivity index (χ2n) is 17.1. The number of ketones is 1. The topological polar surface area (TPSA) is 169 Å². The summed E-state index contributed by atoms with van der Waals surface area (Å²) in [4.78, 5) is 51.0. The van der Waals surface area contributed by atoms with E-state index in [9.17, 15) is 19.2 Å². The van der Waals surface area contributed by atoms with E-state index < -0.39 is 47.7 Å². The lowest BCUT2D eigenvalue weighted by Gasteiger charge is -2.64. The third-order valence-corrected chi connectivity index (χ3v) is 10.4. The summed E-state index contributed by atoms with van der Waals surface area (Å²) in [6.07, 6.45) is 3.28. The molecule has 52 heavy (non-hydrogen) atoms. The van der Waals surface area contributed by atoms with Crippen LogP contribution in [-0.4, -0.2) is 82.4 Å². The number of esters is 1. The average Bonchev–Trinajstić information content (AvgIpc) is 3.63. The Bertz CT molecular complexity index is 1660. The van der Waals surface area contributed by atoms with Crippen LogP contribution in [0.15, 0.2) is 24.4 Å². The fourth-order valence-electron chi connectivity index (χ4n) is 7.88. The molecule has 4 aliphatic rings. The zero-order valence-corrected chi connectivity index (χ0v) is 32.2. The van der Waals surface area contributed by atoms with Crippen LogP contribution in [-0.2, 0) is 47.9 Å². The number of carbonyl (C=O) groups is 4. The summed E-state index contributed by atoms with van der Waals surface area (Å²) in [6, 6.07) is 5.34. The number of hydrogen-bond acceptors (Lipinski definition) is 11. The van der Waals surface area contributed by atoms with Gasteiger partial charge in [0.15, 0.2) is 5.78 Å². The van der Waals surface area contributed by atoms with Crippen molar-refractivity contribution in [2.45, 2.75) is 130 Å². The molecule has 1 saturated heterocycles. The number of aromatic nitrogens is 3. The van der Waals surface area contributed by atoms with Gasteiger partial charge in [0.1, 0.15) is 41.3 Å². The number of para-hydroxylation sites is 1. The molecule has 0 unspecified atom stereocenters. The minimum Gasteiger partial charge on any atom is -0.496 e. The second-order valence-corrected chi connectivity index (χ2v) is 17.1. The van der Waals surface area contributed by atoms with Gasteiger partial charge in [0.25, 0.3) is 0 Å². The minimum atomic E-state index is -0.693. The molecule has 6 rings (SSSR count). The Morgan fingerprint density at radius 2 is 1.75 bits per heavy atom. The average molecular weight is 724 g/mol. The number of rotatable bonds is 13. The lowest BCUT2D eigenvalue weighted by molar-refractivity contribution is -0.199. The molecule has 2 bridgehead atoms. The molecule has 1 aliphatic heterocycles. The molecular formula is C37H54BN5O9. The number of nitrogens with zero attached hydrogens (tertiary/aromatic N) is 3. The van der Waals surface area contributed by atoms with Crippen LogP contribution in [0.2, 0.25) is 5.82 Å². The maximum atomic E-state index is 13.7. The first kappa shape index (κ1) is 39.2. The molecule has 2 amide bonds. The number of nitrogens with one attached hydrogen (secondary N) is 2. The van der Waals surface area contributed by atoms with Gasteiger partial charge in [0, 0.05) is 12.2 Å². The molecule has 3 saturated carbocycles. The molecule has 0 radical (unpaired) electrons. The van der Waals surface area contributed by atoms with Gasteiger partial charge in [0.2, 0.25) is 5.91 Å². The van der Waals surface area contributed by atoms with Gasteiger partial charge in [-0.25, -0.2) is 14.3 Å². The van der Waals surface area contributed by atoms with Gasteiger partial charge < -0.3 is 34.2 Å². The van der Waals surface area contributed by atoms with Crippen molar-refractivity contribution in [3.8, 4) is 5.75 Å². The van der Waals surface area contributed by atoms with Gasteiger partial charge in [-0.3, -0.25) is 9.59 Å². The van der Waals surface area contributed by atoms with Crippen molar-refractivity contribution in [1.29, 1.82) is 0 Å². The highest BCUT2D eigenvalue weighted by Gasteiger charge is 2.68. The maximum absolute atomic E-state index is 13.7. The molecule has 2 heterocycles. The second kappa shape index (κ2) is 14.8. The van der Waals surface area contributed by atoms with Crippen LogP contribution in [0.1, 0.15) is 103 Å². The number of ether oxygens (including phenoxy) is 3. The summed E-state index contributed by atoms with van der Waals surface area (Å²) < 4.78 is 31.5. The van der Waals surface area contributed by atoms with E-state index in [1.807, 2.05) is 26.8 Å². The highest BCUT2D eigenvalue weighted by Crippen LogP contribution is 2.66. The smallest absolute Gasteiger partial charge is 0.461 e. The van der Waals surface area contributed by atoms with Gasteiger partial charge in [0.05, 0.1) is 31.6 Å². The molecular weight excluding hydrogens is 669 g/mol. The number of methoxy groups -OCH3 is 1. The van der Waals surface area contributed by atoms with Crippen LogP contribution >= 0.6 is 0 Å². The predicted octanol–water partition coefficient (Wildman–Crippen LogP) is 4.68. The number of hydrogen-bond donors (Lipinski definition) is 2. The Morgan fingerprint density at radius 3 is 2.40 bits per heavy atom. The molecule has 1 aromatic carbocycles. The van der Waals surface area contributed by atoms with Crippen LogP contribution in [0.4, 0.5) is 4.79 Å². The lowest BCUT2D eigenvalue weighted by Crippen LogP contribution is -2.65. The van der Waals surface area contributed by atoms with Crippen molar-refractivity contribution in [3.63, 3.8) is 0 Å². The predicted molar refractivity (Wildman–Crippen MR) is 191 cm³/mol. The Labute approximate surface area is 306 Å². The fraction of sp³-hybridized carbons (Fsp3) is 0.676. The Hall–Kier alpha value is -3.98. The van der Waals surface area contributed by atoms with E-state index in [-0.39, 0.29) is 43.4 Å². The van der Waals surface area contributed by atoms with Gasteiger partial charge in [-0.2, -0.15) is 0 Å². The largest absolute Gasteiger partial charge is 0.496 e. The molecule has 2 aromatic rings. The molecule has 1 aromatic heterocycles. The van der Waals surface area contributed by atoms with Crippen molar-refractivity contribution in [2.75, 3.05) is 13.7 Å². The maximum Gasteiger partial charge on any atom is 0.461 e. The van der Waals surface area contributed by atoms with Crippen LogP contribution in [0.5, 0.6) is 5.75 Å². The Kier molecular flexibility index (Phi) is 11.2. The van der Waals surface area contributed by atoms with E-state index in [0.717, 1.165) is 18.4 Å². The van der Waals surface area contributed by atoms with E-state index in [1.165, 1.54) is 11.8 Å². The number of benzene rings is 1. The third-order valence-electron chi connectivity index (χ3n) is 10.4. The van der Waals surface area contributed by atoms with Crippen molar-refractivity contribution < 1.29 is 42.7 Å². The van der Waals surface area contributed by atoms with E-state index in [4.69, 9.17) is 23.5 Å². The summed E-state index contributed by atoms with van der Waals surface area (Å²) in [6.45, 7) is 17.1. The van der Waals surface area contributed by atoms with E-state index in [0.29, 0.717) is 35.3 Å².